The third kappa shape index (κ3) is 3.16. The van der Waals surface area contributed by atoms with Gasteiger partial charge in [-0.3, -0.25) is 4.79 Å². The number of aromatic nitrogens is 2. The fourth-order valence-electron chi connectivity index (χ4n) is 2.67. The van der Waals surface area contributed by atoms with Crippen LogP contribution in [-0.2, 0) is 13.2 Å². The molecule has 2 rings (SSSR count). The molecule has 2 aromatic rings. The Labute approximate surface area is 125 Å². The van der Waals surface area contributed by atoms with E-state index in [-0.39, 0.29) is 12.4 Å². The molecule has 0 bridgehead atoms. The summed E-state index contributed by atoms with van der Waals surface area (Å²) in [6.07, 6.45) is 3.56. The lowest BCUT2D eigenvalue weighted by Gasteiger charge is -2.08. The van der Waals surface area contributed by atoms with Crippen molar-refractivity contribution in [1.29, 1.82) is 0 Å². The van der Waals surface area contributed by atoms with Crippen LogP contribution in [-0.4, -0.2) is 20.4 Å². The molecule has 21 heavy (non-hydrogen) atoms. The fourth-order valence-corrected chi connectivity index (χ4v) is 2.67. The number of carbonyl (C=O) groups excluding carboxylic acids is 1. The highest BCUT2D eigenvalue weighted by Crippen LogP contribution is 2.23. The fraction of sp³-hybridized carbons (Fsp3) is 0.529. The zero-order valence-corrected chi connectivity index (χ0v) is 13.1. The molecular weight excluding hydrogens is 264 g/mol. The Balaban J connectivity index is 2.51. The number of ketones is 1. The largest absolute Gasteiger partial charge is 0.388 e. The van der Waals surface area contributed by atoms with Gasteiger partial charge in [0.1, 0.15) is 12.4 Å². The van der Waals surface area contributed by atoms with Gasteiger partial charge in [0.25, 0.3) is 0 Å². The van der Waals surface area contributed by atoms with Crippen molar-refractivity contribution < 1.29 is 9.90 Å². The summed E-state index contributed by atoms with van der Waals surface area (Å²) < 4.78 is 2.07. The maximum absolute atomic E-state index is 12.2. The zero-order valence-electron chi connectivity index (χ0n) is 13.1. The van der Waals surface area contributed by atoms with E-state index in [4.69, 9.17) is 0 Å². The second-order valence-corrected chi connectivity index (χ2v) is 5.52. The second kappa shape index (κ2) is 6.85. The van der Waals surface area contributed by atoms with Gasteiger partial charge < -0.3 is 9.67 Å². The first kappa shape index (κ1) is 15.7. The summed E-state index contributed by atoms with van der Waals surface area (Å²) in [6.45, 7) is 6.90. The molecule has 1 aromatic carbocycles. The zero-order chi connectivity index (χ0) is 15.4. The number of hydrogen-bond donors (Lipinski definition) is 1. The molecule has 0 amide bonds. The molecule has 0 aliphatic rings. The van der Waals surface area contributed by atoms with Crippen LogP contribution in [0.3, 0.4) is 0 Å². The second-order valence-electron chi connectivity index (χ2n) is 5.52. The number of hydrogen-bond acceptors (Lipinski definition) is 3. The predicted octanol–water partition coefficient (Wildman–Crippen LogP) is 3.62. The van der Waals surface area contributed by atoms with Gasteiger partial charge in [0, 0.05) is 18.5 Å². The van der Waals surface area contributed by atoms with Gasteiger partial charge in [-0.25, -0.2) is 4.98 Å². The van der Waals surface area contributed by atoms with Crippen molar-refractivity contribution in [2.24, 2.45) is 0 Å². The molecule has 4 nitrogen and oxygen atoms in total. The molecular formula is C17H24N2O2. The third-order valence-corrected chi connectivity index (χ3v) is 3.83. The van der Waals surface area contributed by atoms with E-state index >= 15 is 0 Å². The number of nitrogens with zero attached hydrogens (tertiary/aromatic N) is 2. The molecule has 1 N–H and O–H groups in total. The van der Waals surface area contributed by atoms with Crippen LogP contribution in [0.4, 0.5) is 0 Å². The van der Waals surface area contributed by atoms with Crippen molar-refractivity contribution in [1.82, 2.24) is 9.55 Å². The number of Topliss-reactive ketones (excluding diaryl/α,β-unsaturated/α-hetero) is 1. The van der Waals surface area contributed by atoms with Gasteiger partial charge in [-0.15, -0.1) is 0 Å². The van der Waals surface area contributed by atoms with Crippen LogP contribution in [0.1, 0.15) is 61.3 Å². The van der Waals surface area contributed by atoms with Gasteiger partial charge in [0.2, 0.25) is 0 Å². The molecule has 0 atom stereocenters. The Morgan fingerprint density at radius 3 is 2.67 bits per heavy atom. The Morgan fingerprint density at radius 2 is 2.05 bits per heavy atom. The lowest BCUT2D eigenvalue weighted by Crippen LogP contribution is -2.04. The highest BCUT2D eigenvalue weighted by molar-refractivity contribution is 6.00. The number of benzene rings is 1. The molecule has 0 saturated carbocycles. The molecule has 0 fully saturated rings. The molecule has 0 spiro atoms. The van der Waals surface area contributed by atoms with E-state index in [1.807, 2.05) is 26.0 Å². The molecule has 0 unspecified atom stereocenters. The number of unbranched alkanes of at least 4 members (excludes halogenated alkanes) is 1. The molecule has 0 aliphatic carbocycles. The minimum Gasteiger partial charge on any atom is -0.388 e. The monoisotopic (exact) mass is 288 g/mol. The first-order chi connectivity index (χ1) is 10.1. The van der Waals surface area contributed by atoms with Crippen LogP contribution in [0.2, 0.25) is 0 Å². The van der Waals surface area contributed by atoms with Crippen LogP contribution in [0.5, 0.6) is 0 Å². The Hall–Kier alpha value is -1.68. The topological polar surface area (TPSA) is 55.1 Å². The van der Waals surface area contributed by atoms with Gasteiger partial charge in [-0.2, -0.15) is 0 Å². The molecule has 4 heteroatoms. The first-order valence-corrected chi connectivity index (χ1v) is 7.76. The maximum atomic E-state index is 12.2. The molecule has 1 heterocycles. The van der Waals surface area contributed by atoms with Crippen molar-refractivity contribution in [3.05, 3.63) is 29.1 Å². The van der Waals surface area contributed by atoms with E-state index in [1.54, 1.807) is 0 Å². The number of fused-ring (bicyclic) bond motifs is 1. The van der Waals surface area contributed by atoms with Crippen LogP contribution < -0.4 is 0 Å². The quantitative estimate of drug-likeness (QED) is 0.792. The lowest BCUT2D eigenvalue weighted by molar-refractivity contribution is 0.0981. The predicted molar refractivity (Wildman–Crippen MR) is 84.5 cm³/mol. The third-order valence-electron chi connectivity index (χ3n) is 3.83. The summed E-state index contributed by atoms with van der Waals surface area (Å²) in [4.78, 5) is 16.6. The van der Waals surface area contributed by atoms with Crippen molar-refractivity contribution in [2.45, 2.75) is 59.6 Å². The maximum Gasteiger partial charge on any atom is 0.163 e. The van der Waals surface area contributed by atoms with E-state index in [9.17, 15) is 9.90 Å². The van der Waals surface area contributed by atoms with Crippen molar-refractivity contribution in [3.63, 3.8) is 0 Å². The SMILES string of the molecule is CCCCn1c(CO)nc2cc(C(=O)CCC)c(C)cc21. The average molecular weight is 288 g/mol. The number of rotatable bonds is 7. The Bertz CT molecular complexity index is 644. The van der Waals surface area contributed by atoms with E-state index in [0.29, 0.717) is 12.2 Å². The number of aryl methyl sites for hydroxylation is 2. The summed E-state index contributed by atoms with van der Waals surface area (Å²) in [5, 5.41) is 9.50. The smallest absolute Gasteiger partial charge is 0.163 e. The Kier molecular flexibility index (Phi) is 5.12. The number of aliphatic hydroxyl groups is 1. The van der Waals surface area contributed by atoms with Gasteiger partial charge in [-0.05, 0) is 37.5 Å². The minimum absolute atomic E-state index is 0.0737. The summed E-state index contributed by atoms with van der Waals surface area (Å²) in [6, 6.07) is 3.91. The van der Waals surface area contributed by atoms with Crippen LogP contribution in [0.15, 0.2) is 12.1 Å². The first-order valence-electron chi connectivity index (χ1n) is 7.76. The van der Waals surface area contributed by atoms with Crippen LogP contribution >= 0.6 is 0 Å². The summed E-state index contributed by atoms with van der Waals surface area (Å²) in [5.74, 6) is 0.850. The van der Waals surface area contributed by atoms with Crippen molar-refractivity contribution >= 4 is 16.8 Å². The minimum atomic E-state index is -0.0737. The van der Waals surface area contributed by atoms with E-state index < -0.39 is 0 Å². The normalized spacial score (nSPS) is 11.2. The molecule has 0 aliphatic heterocycles. The standard InChI is InChI=1S/C17H24N2O2/c1-4-6-8-19-15-9-12(3)13(16(21)7-5-2)10-14(15)18-17(19)11-20/h9-10,20H,4-8,11H2,1-3H3. The number of aliphatic hydroxyl groups excluding tert-OH is 1. The summed E-state index contributed by atoms with van der Waals surface area (Å²) in [7, 11) is 0. The molecule has 1 aromatic heterocycles. The Morgan fingerprint density at radius 1 is 1.29 bits per heavy atom. The van der Waals surface area contributed by atoms with Gasteiger partial charge in [0.15, 0.2) is 5.78 Å². The van der Waals surface area contributed by atoms with E-state index in [2.05, 4.69) is 16.5 Å². The summed E-state index contributed by atoms with van der Waals surface area (Å²) >= 11 is 0. The van der Waals surface area contributed by atoms with Crippen molar-refractivity contribution in [2.75, 3.05) is 0 Å². The molecule has 0 radical (unpaired) electrons. The number of imidazole rings is 1. The van der Waals surface area contributed by atoms with Gasteiger partial charge in [-0.1, -0.05) is 20.3 Å². The number of carbonyl (C=O) groups is 1. The molecule has 0 saturated heterocycles. The highest BCUT2D eigenvalue weighted by Gasteiger charge is 2.15. The average Bonchev–Trinajstić information content (AvgIpc) is 2.81. The molecule has 114 valence electrons. The highest BCUT2D eigenvalue weighted by atomic mass is 16.3. The van der Waals surface area contributed by atoms with E-state index in [0.717, 1.165) is 48.0 Å². The van der Waals surface area contributed by atoms with Crippen LogP contribution in [0, 0.1) is 6.92 Å². The van der Waals surface area contributed by atoms with Gasteiger partial charge in [0.05, 0.1) is 11.0 Å². The lowest BCUT2D eigenvalue weighted by atomic mass is 10.0. The summed E-state index contributed by atoms with van der Waals surface area (Å²) in [5.41, 5.74) is 3.57. The van der Waals surface area contributed by atoms with Crippen molar-refractivity contribution in [3.8, 4) is 0 Å². The van der Waals surface area contributed by atoms with Crippen LogP contribution in [0.25, 0.3) is 11.0 Å². The van der Waals surface area contributed by atoms with E-state index in [1.165, 1.54) is 0 Å². The van der Waals surface area contributed by atoms with Gasteiger partial charge >= 0.3 is 0 Å².